The normalized spacial score (nSPS) is 14.2. The number of nitrogens with two attached hydrogens (primary N) is 1. The van der Waals surface area contributed by atoms with Crippen LogP contribution in [0.15, 0.2) is 77.8 Å². The molecular weight excluding hydrogens is 614 g/mol. The lowest BCUT2D eigenvalue weighted by atomic mass is 9.94. The number of benzene rings is 3. The predicted octanol–water partition coefficient (Wildman–Crippen LogP) is 5.97. The number of carbonyl (C=O) groups is 4. The van der Waals surface area contributed by atoms with Crippen LogP contribution in [-0.4, -0.2) is 40.4 Å². The minimum atomic E-state index is -0.914. The van der Waals surface area contributed by atoms with Gasteiger partial charge in [0, 0.05) is 17.5 Å². The molecule has 0 bridgehead atoms. The van der Waals surface area contributed by atoms with E-state index in [-0.39, 0.29) is 51.3 Å². The van der Waals surface area contributed by atoms with Crippen LogP contribution >= 0.6 is 11.8 Å². The average molecular weight is 644 g/mol. The number of ether oxygens (including phenoxy) is 1. The van der Waals surface area contributed by atoms with Crippen molar-refractivity contribution in [1.29, 1.82) is 10.5 Å². The Hall–Kier alpha value is -5.78. The summed E-state index contributed by atoms with van der Waals surface area (Å²) in [6.07, 6.45) is -0.167. The van der Waals surface area contributed by atoms with Gasteiger partial charge < -0.3 is 10.5 Å². The fourth-order valence-corrected chi connectivity index (χ4v) is 6.21. The number of aryl methyl sites for hydroxylation is 1. The zero-order chi connectivity index (χ0) is 33.8. The molecule has 2 amide bonds. The highest BCUT2D eigenvalue weighted by Gasteiger charge is 2.41. The molecule has 3 aromatic carbocycles. The first-order chi connectivity index (χ1) is 22.5. The number of esters is 1. The van der Waals surface area contributed by atoms with Crippen molar-refractivity contribution in [3.63, 3.8) is 0 Å². The van der Waals surface area contributed by atoms with Crippen molar-refractivity contribution in [2.45, 2.75) is 43.4 Å². The molecule has 5 rings (SSSR count). The third-order valence-corrected chi connectivity index (χ3v) is 8.88. The standard InChI is InChI=1S/C36H29N5O5S/c1-20(2)22-8-10-24(11-9-22)32-27(17-37)33(39)40-34(28(32)18-38)47-30-16-31(43)41(35(30)44)26-14-12-25(13-15-26)36(45)46-19-29(42)23-6-4-21(3)5-7-23/h4-15,20,30H,16,19H2,1-3H3,(H2,39,40). The highest BCUT2D eigenvalue weighted by atomic mass is 32.2. The van der Waals surface area contributed by atoms with E-state index in [1.165, 1.54) is 24.3 Å². The first-order valence-electron chi connectivity index (χ1n) is 14.7. The molecule has 2 N–H and O–H groups in total. The Kier molecular flexibility index (Phi) is 9.50. The Labute approximate surface area is 275 Å². The Morgan fingerprint density at radius 1 is 0.957 bits per heavy atom. The Morgan fingerprint density at radius 2 is 1.57 bits per heavy atom. The van der Waals surface area contributed by atoms with E-state index in [0.717, 1.165) is 27.8 Å². The van der Waals surface area contributed by atoms with Crippen LogP contribution in [0, 0.1) is 29.6 Å². The number of pyridine rings is 1. The third-order valence-electron chi connectivity index (χ3n) is 7.71. The van der Waals surface area contributed by atoms with Crippen molar-refractivity contribution in [3.05, 3.63) is 106 Å². The summed E-state index contributed by atoms with van der Waals surface area (Å²) in [5, 5.41) is 19.3. The second-order valence-electron chi connectivity index (χ2n) is 11.2. The molecule has 2 heterocycles. The smallest absolute Gasteiger partial charge is 0.338 e. The molecule has 1 fully saturated rings. The van der Waals surface area contributed by atoms with Crippen LogP contribution in [-0.2, 0) is 14.3 Å². The van der Waals surface area contributed by atoms with Crippen molar-refractivity contribution < 1.29 is 23.9 Å². The highest BCUT2D eigenvalue weighted by molar-refractivity contribution is 8.00. The summed E-state index contributed by atoms with van der Waals surface area (Å²) in [5.41, 5.74) is 10.1. The molecule has 0 radical (unpaired) electrons. The molecule has 4 aromatic rings. The molecule has 1 aromatic heterocycles. The SMILES string of the molecule is Cc1ccc(C(=O)COC(=O)c2ccc(N3C(=O)CC(Sc4nc(N)c(C#N)c(-c5ccc(C(C)C)cc5)c4C#N)C3=O)cc2)cc1. The summed E-state index contributed by atoms with van der Waals surface area (Å²) < 4.78 is 5.17. The number of aromatic nitrogens is 1. The van der Waals surface area contributed by atoms with Crippen LogP contribution in [0.4, 0.5) is 11.5 Å². The lowest BCUT2D eigenvalue weighted by Gasteiger charge is -2.17. The number of hydrogen-bond acceptors (Lipinski definition) is 10. The van der Waals surface area contributed by atoms with Crippen LogP contribution in [0.3, 0.4) is 0 Å². The van der Waals surface area contributed by atoms with E-state index in [0.29, 0.717) is 16.7 Å². The van der Waals surface area contributed by atoms with Gasteiger partial charge in [-0.1, -0.05) is 79.7 Å². The van der Waals surface area contributed by atoms with Gasteiger partial charge in [-0.05, 0) is 48.2 Å². The summed E-state index contributed by atoms with van der Waals surface area (Å²) in [4.78, 5) is 56.8. The number of anilines is 2. The molecule has 1 saturated heterocycles. The molecule has 11 heteroatoms. The van der Waals surface area contributed by atoms with E-state index in [2.05, 4.69) is 24.9 Å². The zero-order valence-electron chi connectivity index (χ0n) is 25.8. The van der Waals surface area contributed by atoms with Gasteiger partial charge in [0.25, 0.3) is 0 Å². The summed E-state index contributed by atoms with van der Waals surface area (Å²) in [6.45, 7) is 5.57. The Balaban J connectivity index is 1.32. The first kappa shape index (κ1) is 32.6. The van der Waals surface area contributed by atoms with Crippen molar-refractivity contribution in [3.8, 4) is 23.3 Å². The van der Waals surface area contributed by atoms with Gasteiger partial charge in [-0.2, -0.15) is 10.5 Å². The highest BCUT2D eigenvalue weighted by Crippen LogP contribution is 2.40. The van der Waals surface area contributed by atoms with Gasteiger partial charge in [0.05, 0.1) is 22.1 Å². The van der Waals surface area contributed by atoms with E-state index in [9.17, 15) is 29.7 Å². The minimum absolute atomic E-state index is 0.0526. The largest absolute Gasteiger partial charge is 0.454 e. The fourth-order valence-electron chi connectivity index (χ4n) is 5.09. The van der Waals surface area contributed by atoms with Crippen LogP contribution in [0.5, 0.6) is 0 Å². The maximum Gasteiger partial charge on any atom is 0.338 e. The second kappa shape index (κ2) is 13.7. The Bertz CT molecular complexity index is 1980. The number of nitriles is 2. The van der Waals surface area contributed by atoms with Gasteiger partial charge in [0.1, 0.15) is 28.5 Å². The van der Waals surface area contributed by atoms with Gasteiger partial charge in [0.15, 0.2) is 12.4 Å². The maximum atomic E-state index is 13.5. The van der Waals surface area contributed by atoms with Crippen LogP contribution in [0.25, 0.3) is 11.1 Å². The number of amides is 2. The number of Topliss-reactive ketones (excluding diaryl/α,β-unsaturated/α-hetero) is 1. The van der Waals surface area contributed by atoms with E-state index >= 15 is 0 Å². The lowest BCUT2D eigenvalue weighted by Crippen LogP contribution is -2.31. The van der Waals surface area contributed by atoms with E-state index in [4.69, 9.17) is 10.5 Å². The molecule has 1 aliphatic rings. The summed E-state index contributed by atoms with van der Waals surface area (Å²) in [5.74, 6) is -1.89. The quantitative estimate of drug-likeness (QED) is 0.130. The molecule has 47 heavy (non-hydrogen) atoms. The number of hydrogen-bond donors (Lipinski definition) is 1. The monoisotopic (exact) mass is 643 g/mol. The van der Waals surface area contributed by atoms with Gasteiger partial charge >= 0.3 is 5.97 Å². The number of rotatable bonds is 9. The topological polar surface area (TPSA) is 167 Å². The number of nitrogen functional groups attached to an aromatic ring is 1. The fraction of sp³-hybridized carbons (Fsp3) is 0.194. The molecule has 10 nitrogen and oxygen atoms in total. The average Bonchev–Trinajstić information content (AvgIpc) is 3.35. The van der Waals surface area contributed by atoms with Crippen molar-refractivity contribution >= 4 is 46.8 Å². The molecule has 1 aliphatic heterocycles. The molecule has 1 atom stereocenters. The van der Waals surface area contributed by atoms with Gasteiger partial charge in [-0.15, -0.1) is 0 Å². The number of thioether (sulfide) groups is 1. The van der Waals surface area contributed by atoms with E-state index in [1.807, 2.05) is 37.3 Å². The van der Waals surface area contributed by atoms with Crippen LogP contribution < -0.4 is 10.6 Å². The molecule has 0 spiro atoms. The van der Waals surface area contributed by atoms with Crippen LogP contribution in [0.1, 0.15) is 69.2 Å². The van der Waals surface area contributed by atoms with Crippen molar-refractivity contribution in [1.82, 2.24) is 4.98 Å². The molecule has 234 valence electrons. The number of nitrogens with zero attached hydrogens (tertiary/aromatic N) is 4. The van der Waals surface area contributed by atoms with E-state index in [1.54, 1.807) is 24.3 Å². The van der Waals surface area contributed by atoms with Crippen LogP contribution in [0.2, 0.25) is 0 Å². The molecule has 1 unspecified atom stereocenters. The second-order valence-corrected chi connectivity index (χ2v) is 12.4. The summed E-state index contributed by atoms with van der Waals surface area (Å²) >= 11 is 0.938. The van der Waals surface area contributed by atoms with Gasteiger partial charge in [-0.25, -0.2) is 14.7 Å². The minimum Gasteiger partial charge on any atom is -0.454 e. The number of carbonyl (C=O) groups excluding carboxylic acids is 4. The molecular formula is C36H29N5O5S. The lowest BCUT2D eigenvalue weighted by molar-refractivity contribution is -0.121. The molecule has 0 saturated carbocycles. The van der Waals surface area contributed by atoms with Gasteiger partial charge in [-0.3, -0.25) is 14.4 Å². The molecule has 0 aliphatic carbocycles. The predicted molar refractivity (Wildman–Crippen MR) is 177 cm³/mol. The van der Waals surface area contributed by atoms with Crippen molar-refractivity contribution in [2.75, 3.05) is 17.2 Å². The number of imide groups is 1. The summed E-state index contributed by atoms with van der Waals surface area (Å²) in [7, 11) is 0. The zero-order valence-corrected chi connectivity index (χ0v) is 26.6. The summed E-state index contributed by atoms with van der Waals surface area (Å²) in [6, 6.07) is 24.2. The van der Waals surface area contributed by atoms with Crippen molar-refractivity contribution in [2.24, 2.45) is 0 Å². The first-order valence-corrected chi connectivity index (χ1v) is 15.5. The number of ketones is 1. The Morgan fingerprint density at radius 3 is 2.17 bits per heavy atom. The maximum absolute atomic E-state index is 13.5. The third kappa shape index (κ3) is 6.76. The van der Waals surface area contributed by atoms with E-state index < -0.39 is 29.6 Å². The van der Waals surface area contributed by atoms with Gasteiger partial charge in [0.2, 0.25) is 11.8 Å².